The number of hydrogen-bond donors (Lipinski definition) is 0. The molecule has 0 aromatic heterocycles. The molecule has 0 bridgehead atoms. The van der Waals surface area contributed by atoms with Crippen molar-refractivity contribution in [3.05, 3.63) is 76.5 Å². The molecule has 2 aromatic carbocycles. The zero-order valence-corrected chi connectivity index (χ0v) is 26.1. The summed E-state index contributed by atoms with van der Waals surface area (Å²) in [6.07, 6.45) is 5.83. The highest BCUT2D eigenvalue weighted by Crippen LogP contribution is 2.19. The number of allylic oxidation sites excluding steroid dienone is 1. The summed E-state index contributed by atoms with van der Waals surface area (Å²) < 4.78 is 11.3. The third-order valence-corrected chi connectivity index (χ3v) is 6.60. The van der Waals surface area contributed by atoms with Crippen molar-refractivity contribution in [2.75, 3.05) is 19.3 Å². The van der Waals surface area contributed by atoms with Gasteiger partial charge in [-0.05, 0) is 57.2 Å². The first kappa shape index (κ1) is 36.6. The van der Waals surface area contributed by atoms with Crippen molar-refractivity contribution in [1.29, 1.82) is 0 Å². The van der Waals surface area contributed by atoms with Crippen LogP contribution in [0.1, 0.15) is 81.7 Å². The minimum absolute atomic E-state index is 0.829. The fraction of sp³-hybridized carbons (Fsp3) is 0.500. The zero-order chi connectivity index (χ0) is 29.0. The van der Waals surface area contributed by atoms with Crippen molar-refractivity contribution in [2.24, 2.45) is 4.99 Å². The quantitative estimate of drug-likeness (QED) is 0.244. The number of amidine groups is 1. The summed E-state index contributed by atoms with van der Waals surface area (Å²) in [5, 5.41) is 0. The van der Waals surface area contributed by atoms with Gasteiger partial charge in [-0.1, -0.05) is 88.7 Å². The van der Waals surface area contributed by atoms with Gasteiger partial charge in [-0.3, -0.25) is 4.21 Å². The highest BCUT2D eigenvalue weighted by Gasteiger charge is 2.09. The molecule has 0 aliphatic carbocycles. The lowest BCUT2D eigenvalue weighted by Gasteiger charge is -2.25. The van der Waals surface area contributed by atoms with Gasteiger partial charge in [0.2, 0.25) is 0 Å². The maximum atomic E-state index is 11.3. The maximum absolute atomic E-state index is 11.3. The van der Waals surface area contributed by atoms with Crippen LogP contribution in [0.3, 0.4) is 0 Å². The molecule has 0 fully saturated rings. The fourth-order valence-electron chi connectivity index (χ4n) is 4.07. The fourth-order valence-corrected chi connectivity index (χ4v) is 5.09. The summed E-state index contributed by atoms with van der Waals surface area (Å²) in [6, 6.07) is 12.8. The summed E-state index contributed by atoms with van der Waals surface area (Å²) in [5.41, 5.74) is 7.02. The van der Waals surface area contributed by atoms with E-state index < -0.39 is 10.8 Å². The third kappa shape index (κ3) is 14.7. The van der Waals surface area contributed by atoms with Gasteiger partial charge in [0.25, 0.3) is 0 Å². The second-order valence-electron chi connectivity index (χ2n) is 8.78. The van der Waals surface area contributed by atoms with Crippen LogP contribution >= 0.6 is 0 Å². The molecule has 1 atom stereocenters. The number of aryl methyl sites for hydroxylation is 4. The van der Waals surface area contributed by atoms with Crippen LogP contribution in [0, 0.1) is 27.7 Å². The Hall–Kier alpha value is -2.53. The summed E-state index contributed by atoms with van der Waals surface area (Å²) in [6.45, 7) is 27.1. The predicted octanol–water partition coefficient (Wildman–Crippen LogP) is 8.17. The Morgan fingerprint density at radius 3 is 1.70 bits per heavy atom. The van der Waals surface area contributed by atoms with Crippen molar-refractivity contribution in [1.82, 2.24) is 4.90 Å². The Bertz CT molecular complexity index is 936. The summed E-state index contributed by atoms with van der Waals surface area (Å²) in [4.78, 5) is 16.2. The van der Waals surface area contributed by atoms with E-state index in [1.54, 1.807) is 6.26 Å². The van der Waals surface area contributed by atoms with Crippen LogP contribution in [0.5, 0.6) is 0 Å². The SMILES string of the molecule is C=C(Cc1ccc(C)cc1)N=C(CC)N(CCC)CCC.C=O.CC.Cc1cc(C)c(S(C)=O)c(C)c1. The average Bonchev–Trinajstić information content (AvgIpc) is 2.86. The molecule has 2 rings (SSSR count). The number of carbonyl (C=O) groups is 1. The number of carbonyl (C=O) groups excluding carboxylic acids is 1. The first-order valence-corrected chi connectivity index (χ1v) is 14.9. The minimum atomic E-state index is -0.860. The molecule has 0 heterocycles. The van der Waals surface area contributed by atoms with E-state index in [4.69, 9.17) is 9.79 Å². The van der Waals surface area contributed by atoms with Gasteiger partial charge < -0.3 is 9.69 Å². The molecule has 37 heavy (non-hydrogen) atoms. The van der Waals surface area contributed by atoms with E-state index in [1.807, 2.05) is 34.5 Å². The first-order chi connectivity index (χ1) is 17.6. The standard InChI is InChI=1S/C19H30N2.C10H14OS.C2H6.CH2O/c1-6-13-21(14-7-2)19(8-3)20-17(5)15-18-11-9-16(4)10-12-18;1-7-5-8(2)10(12(4)11)9(3)6-7;2*1-2/h9-12H,5-8,13-15H2,1-4H3;5-6H,1-4H3;1-2H3;1H2. The van der Waals surface area contributed by atoms with Crippen LogP contribution in [-0.2, 0) is 22.0 Å². The molecule has 2 aromatic rings. The van der Waals surface area contributed by atoms with Crippen LogP contribution in [0.25, 0.3) is 0 Å². The number of rotatable bonds is 9. The first-order valence-electron chi connectivity index (χ1n) is 13.4. The summed E-state index contributed by atoms with van der Waals surface area (Å²) in [7, 11) is -0.860. The molecule has 4 nitrogen and oxygen atoms in total. The second-order valence-corrected chi connectivity index (χ2v) is 10.1. The van der Waals surface area contributed by atoms with Gasteiger partial charge in [0.15, 0.2) is 0 Å². The smallest absolute Gasteiger partial charge is 0.106 e. The highest BCUT2D eigenvalue weighted by atomic mass is 32.2. The molecule has 208 valence electrons. The average molecular weight is 529 g/mol. The molecule has 5 heteroatoms. The van der Waals surface area contributed by atoms with E-state index in [2.05, 4.69) is 82.5 Å². The van der Waals surface area contributed by atoms with Crippen molar-refractivity contribution in [2.45, 2.75) is 92.9 Å². The van der Waals surface area contributed by atoms with E-state index in [-0.39, 0.29) is 0 Å². The number of benzene rings is 2. The van der Waals surface area contributed by atoms with Gasteiger partial charge in [0, 0.05) is 42.8 Å². The second kappa shape index (κ2) is 21.5. The molecule has 0 aliphatic heterocycles. The van der Waals surface area contributed by atoms with Gasteiger partial charge in [0.1, 0.15) is 12.6 Å². The van der Waals surface area contributed by atoms with Crippen LogP contribution in [-0.4, -0.2) is 41.1 Å². The molecular formula is C32H52N2O2S. The lowest BCUT2D eigenvalue weighted by atomic mass is 10.1. The summed E-state index contributed by atoms with van der Waals surface area (Å²) >= 11 is 0. The Kier molecular flexibility index (Phi) is 21.3. The van der Waals surface area contributed by atoms with Crippen molar-refractivity contribution in [3.63, 3.8) is 0 Å². The zero-order valence-electron chi connectivity index (χ0n) is 25.2. The van der Waals surface area contributed by atoms with Crippen LogP contribution in [0.2, 0.25) is 0 Å². The molecule has 0 aliphatic rings. The maximum Gasteiger partial charge on any atom is 0.106 e. The van der Waals surface area contributed by atoms with E-state index in [0.29, 0.717) is 0 Å². The minimum Gasteiger partial charge on any atom is -0.360 e. The van der Waals surface area contributed by atoms with Gasteiger partial charge in [-0.15, -0.1) is 0 Å². The summed E-state index contributed by atoms with van der Waals surface area (Å²) in [5.74, 6) is 1.18. The van der Waals surface area contributed by atoms with Gasteiger partial charge in [-0.2, -0.15) is 0 Å². The van der Waals surface area contributed by atoms with E-state index in [9.17, 15) is 4.21 Å². The number of nitrogens with zero attached hydrogens (tertiary/aromatic N) is 2. The lowest BCUT2D eigenvalue weighted by molar-refractivity contribution is -0.0980. The van der Waals surface area contributed by atoms with Gasteiger partial charge in [0.05, 0.1) is 10.8 Å². The third-order valence-electron chi connectivity index (χ3n) is 5.38. The molecule has 0 saturated heterocycles. The van der Waals surface area contributed by atoms with Crippen molar-refractivity contribution < 1.29 is 9.00 Å². The Labute approximate surface area is 230 Å². The van der Waals surface area contributed by atoms with Crippen LogP contribution < -0.4 is 0 Å². The van der Waals surface area contributed by atoms with Crippen LogP contribution in [0.4, 0.5) is 0 Å². The topological polar surface area (TPSA) is 49.7 Å². The molecule has 1 unspecified atom stereocenters. The molecular weight excluding hydrogens is 476 g/mol. The van der Waals surface area contributed by atoms with Gasteiger partial charge >= 0.3 is 0 Å². The van der Waals surface area contributed by atoms with E-state index >= 15 is 0 Å². The van der Waals surface area contributed by atoms with Crippen molar-refractivity contribution in [3.8, 4) is 0 Å². The largest absolute Gasteiger partial charge is 0.360 e. The molecule has 0 saturated carbocycles. The Morgan fingerprint density at radius 1 is 0.865 bits per heavy atom. The van der Waals surface area contributed by atoms with Crippen molar-refractivity contribution >= 4 is 23.4 Å². The molecule has 0 spiro atoms. The highest BCUT2D eigenvalue weighted by molar-refractivity contribution is 7.84. The molecule has 0 radical (unpaired) electrons. The molecule has 0 N–H and O–H groups in total. The Morgan fingerprint density at radius 2 is 1.32 bits per heavy atom. The predicted molar refractivity (Wildman–Crippen MR) is 165 cm³/mol. The number of aliphatic imine (C=N–C) groups is 1. The molecule has 0 amide bonds. The monoisotopic (exact) mass is 528 g/mol. The van der Waals surface area contributed by atoms with E-state index in [0.717, 1.165) is 60.5 Å². The van der Waals surface area contributed by atoms with Gasteiger partial charge in [-0.25, -0.2) is 4.99 Å². The number of hydrogen-bond acceptors (Lipinski definition) is 3. The normalized spacial score (nSPS) is 11.0. The Balaban J connectivity index is 0. The van der Waals surface area contributed by atoms with E-state index in [1.165, 1.54) is 22.5 Å². The lowest BCUT2D eigenvalue weighted by Crippen LogP contribution is -2.32. The van der Waals surface area contributed by atoms with Crippen LogP contribution in [0.15, 0.2) is 58.6 Å².